The monoisotopic (exact) mass is 250 g/mol. The van der Waals surface area contributed by atoms with Gasteiger partial charge in [-0.25, -0.2) is 18.2 Å². The summed E-state index contributed by atoms with van der Waals surface area (Å²) in [6.07, 6.45) is 2.83. The summed E-state index contributed by atoms with van der Waals surface area (Å²) in [5, 5.41) is 5.46. The van der Waals surface area contributed by atoms with Gasteiger partial charge in [0.25, 0.3) is 15.2 Å². The lowest BCUT2D eigenvalue weighted by Gasteiger charge is -2.02. The molecule has 0 aliphatic rings. The van der Waals surface area contributed by atoms with E-state index >= 15 is 0 Å². The predicted molar refractivity (Wildman–Crippen MR) is 60.5 cm³/mol. The zero-order chi connectivity index (χ0) is 11.3. The summed E-state index contributed by atoms with van der Waals surface area (Å²) in [5.74, 6) is -0.0797. The van der Waals surface area contributed by atoms with Crippen molar-refractivity contribution in [1.29, 1.82) is 0 Å². The second kappa shape index (κ2) is 6.40. The van der Waals surface area contributed by atoms with Crippen molar-refractivity contribution in [3.05, 3.63) is 0 Å². The van der Waals surface area contributed by atoms with Crippen LogP contribution in [-0.2, 0) is 10.0 Å². The minimum atomic E-state index is -3.58. The highest BCUT2D eigenvalue weighted by Crippen LogP contribution is 2.02. The van der Waals surface area contributed by atoms with E-state index in [1.807, 2.05) is 6.92 Å². The number of hydrogen-bond acceptors (Lipinski definition) is 6. The predicted octanol–water partition coefficient (Wildman–Crippen LogP) is 0.0174. The van der Waals surface area contributed by atoms with Gasteiger partial charge in [-0.2, -0.15) is 4.98 Å². The molecule has 0 bridgehead atoms. The zero-order valence-electron chi connectivity index (χ0n) is 9.23. The number of aromatic nitrogens is 3. The maximum atomic E-state index is 11.5. The van der Waals surface area contributed by atoms with Crippen LogP contribution >= 0.6 is 0 Å². The Kier molecular flexibility index (Phi) is 5.93. The van der Waals surface area contributed by atoms with Crippen LogP contribution in [0.25, 0.3) is 0 Å². The van der Waals surface area contributed by atoms with E-state index in [1.165, 1.54) is 0 Å². The molecule has 0 fully saturated rings. The lowest BCUT2D eigenvalue weighted by molar-refractivity contribution is 0.567. The van der Waals surface area contributed by atoms with Gasteiger partial charge in [-0.3, -0.25) is 0 Å². The maximum Gasteiger partial charge on any atom is 0.275 e. The van der Waals surface area contributed by atoms with Crippen LogP contribution < -0.4 is 16.6 Å². The van der Waals surface area contributed by atoms with Gasteiger partial charge >= 0.3 is 0 Å². The molecule has 0 amide bonds. The van der Waals surface area contributed by atoms with Crippen LogP contribution in [-0.4, -0.2) is 30.1 Å². The lowest BCUT2D eigenvalue weighted by Crippen LogP contribution is -2.25. The molecule has 0 atom stereocenters. The van der Waals surface area contributed by atoms with Gasteiger partial charge in [0.05, 0.1) is 0 Å². The smallest absolute Gasteiger partial charge is 0.275 e. The molecule has 9 heteroatoms. The van der Waals surface area contributed by atoms with Crippen LogP contribution in [0.3, 0.4) is 0 Å². The minimum absolute atomic E-state index is 0. The molecule has 1 heterocycles. The third-order valence-electron chi connectivity index (χ3n) is 1.81. The van der Waals surface area contributed by atoms with E-state index in [-0.39, 0.29) is 17.3 Å². The Bertz CT molecular complexity index is 401. The van der Waals surface area contributed by atoms with E-state index in [4.69, 9.17) is 5.73 Å². The standard InChI is InChI=1S/C7H15N5O2S.H3N/c1-2-3-4-5-9-15(13,14)7-10-6(8)11-12-7;/h9H,2-5H2,1H3,(H3,8,10,11,12);1H3. The fraction of sp³-hybridized carbons (Fsp3) is 0.714. The number of anilines is 1. The number of sulfonamides is 1. The minimum Gasteiger partial charge on any atom is -0.366 e. The molecule has 7 N–H and O–H groups in total. The second-order valence-electron chi connectivity index (χ2n) is 3.10. The lowest BCUT2D eigenvalue weighted by atomic mass is 10.3. The molecule has 8 nitrogen and oxygen atoms in total. The quantitative estimate of drug-likeness (QED) is 0.523. The van der Waals surface area contributed by atoms with Gasteiger partial charge in [0.2, 0.25) is 5.95 Å². The summed E-state index contributed by atoms with van der Waals surface area (Å²) >= 11 is 0. The van der Waals surface area contributed by atoms with Crippen molar-refractivity contribution >= 4 is 16.0 Å². The number of aromatic amines is 1. The summed E-state index contributed by atoms with van der Waals surface area (Å²) in [6.45, 7) is 2.45. The van der Waals surface area contributed by atoms with E-state index in [2.05, 4.69) is 19.9 Å². The number of hydrogen-bond donors (Lipinski definition) is 4. The van der Waals surface area contributed by atoms with Crippen LogP contribution in [0, 0.1) is 0 Å². The van der Waals surface area contributed by atoms with Crippen LogP contribution in [0.15, 0.2) is 5.16 Å². The highest BCUT2D eigenvalue weighted by molar-refractivity contribution is 7.89. The zero-order valence-corrected chi connectivity index (χ0v) is 10.0. The van der Waals surface area contributed by atoms with Gasteiger partial charge in [-0.15, -0.1) is 5.10 Å². The Hall–Kier alpha value is -1.19. The van der Waals surface area contributed by atoms with Crippen molar-refractivity contribution in [2.24, 2.45) is 0 Å². The summed E-state index contributed by atoms with van der Waals surface area (Å²) in [6, 6.07) is 0. The third-order valence-corrected chi connectivity index (χ3v) is 3.08. The van der Waals surface area contributed by atoms with Gasteiger partial charge in [0.15, 0.2) is 0 Å². The number of unbranched alkanes of at least 4 members (excludes halogenated alkanes) is 2. The molecular formula is C7H18N6O2S. The van der Waals surface area contributed by atoms with Crippen LogP contribution in [0.4, 0.5) is 5.95 Å². The molecule has 0 aliphatic heterocycles. The molecule has 0 unspecified atom stereocenters. The molecule has 0 saturated carbocycles. The van der Waals surface area contributed by atoms with Gasteiger partial charge in [-0.1, -0.05) is 19.8 Å². The number of nitrogens with two attached hydrogens (primary N) is 1. The van der Waals surface area contributed by atoms with Crippen molar-refractivity contribution in [3.8, 4) is 0 Å². The first-order valence-corrected chi connectivity index (χ1v) is 6.22. The first kappa shape index (κ1) is 14.8. The van der Waals surface area contributed by atoms with E-state index in [9.17, 15) is 8.42 Å². The first-order chi connectivity index (χ1) is 7.06. The molecular weight excluding hydrogens is 232 g/mol. The SMILES string of the molecule is CCCCCNS(=O)(=O)c1nc(N)n[nH]1.N. The summed E-state index contributed by atoms with van der Waals surface area (Å²) in [7, 11) is -3.58. The molecule has 16 heavy (non-hydrogen) atoms. The number of nitrogens with zero attached hydrogens (tertiary/aromatic N) is 2. The molecule has 0 radical (unpaired) electrons. The van der Waals surface area contributed by atoms with Crippen LogP contribution in [0.2, 0.25) is 0 Å². The Morgan fingerprint density at radius 3 is 2.62 bits per heavy atom. The Morgan fingerprint density at radius 1 is 1.44 bits per heavy atom. The van der Waals surface area contributed by atoms with Crippen LogP contribution in [0.1, 0.15) is 26.2 Å². The van der Waals surface area contributed by atoms with E-state index in [0.29, 0.717) is 6.54 Å². The fourth-order valence-corrected chi connectivity index (χ4v) is 1.96. The first-order valence-electron chi connectivity index (χ1n) is 4.74. The number of rotatable bonds is 6. The summed E-state index contributed by atoms with van der Waals surface area (Å²) in [5.41, 5.74) is 5.21. The molecule has 1 rings (SSSR count). The molecule has 0 saturated heterocycles. The van der Waals surface area contributed by atoms with E-state index < -0.39 is 10.0 Å². The Morgan fingerprint density at radius 2 is 2.12 bits per heavy atom. The van der Waals surface area contributed by atoms with E-state index in [1.54, 1.807) is 0 Å². The van der Waals surface area contributed by atoms with Gasteiger partial charge in [0, 0.05) is 6.54 Å². The van der Waals surface area contributed by atoms with Crippen molar-refractivity contribution in [2.75, 3.05) is 12.3 Å². The average Bonchev–Trinajstić information content (AvgIpc) is 2.60. The molecule has 94 valence electrons. The fourth-order valence-electron chi connectivity index (χ4n) is 1.03. The number of H-pyrrole nitrogens is 1. The second-order valence-corrected chi connectivity index (χ2v) is 4.79. The molecule has 1 aromatic rings. The van der Waals surface area contributed by atoms with E-state index in [0.717, 1.165) is 19.3 Å². The molecule has 0 aromatic carbocycles. The van der Waals surface area contributed by atoms with Gasteiger partial charge < -0.3 is 11.9 Å². The normalized spacial score (nSPS) is 11.1. The largest absolute Gasteiger partial charge is 0.366 e. The highest BCUT2D eigenvalue weighted by Gasteiger charge is 2.17. The summed E-state index contributed by atoms with van der Waals surface area (Å²) < 4.78 is 25.4. The van der Waals surface area contributed by atoms with Crippen molar-refractivity contribution in [1.82, 2.24) is 26.1 Å². The molecule has 1 aromatic heterocycles. The van der Waals surface area contributed by atoms with Crippen molar-refractivity contribution in [2.45, 2.75) is 31.3 Å². The van der Waals surface area contributed by atoms with Crippen molar-refractivity contribution < 1.29 is 8.42 Å². The van der Waals surface area contributed by atoms with Gasteiger partial charge in [0.1, 0.15) is 0 Å². The molecule has 0 aliphatic carbocycles. The topological polar surface area (TPSA) is 149 Å². The maximum absolute atomic E-state index is 11.5. The van der Waals surface area contributed by atoms with Gasteiger partial charge in [-0.05, 0) is 6.42 Å². The Balaban J connectivity index is 0.00000225. The highest BCUT2D eigenvalue weighted by atomic mass is 32.2. The van der Waals surface area contributed by atoms with Crippen LogP contribution in [0.5, 0.6) is 0 Å². The molecule has 0 spiro atoms. The average molecular weight is 250 g/mol. The number of nitrogen functional groups attached to an aromatic ring is 1. The Labute approximate surface area is 94.7 Å². The van der Waals surface area contributed by atoms with Crippen molar-refractivity contribution in [3.63, 3.8) is 0 Å². The third kappa shape index (κ3) is 4.13. The number of nitrogens with one attached hydrogen (secondary N) is 2. The summed E-state index contributed by atoms with van der Waals surface area (Å²) in [4.78, 5) is 3.54.